The molecule has 0 aliphatic carbocycles. The van der Waals surface area contributed by atoms with Crippen LogP contribution in [-0.2, 0) is 0 Å². The van der Waals surface area contributed by atoms with E-state index in [-0.39, 0.29) is 10.8 Å². The second-order valence-electron chi connectivity index (χ2n) is 3.78. The zero-order valence-corrected chi connectivity index (χ0v) is 9.97. The molecule has 2 rings (SSSR count). The fourth-order valence-electron chi connectivity index (χ4n) is 1.71. The Labute approximate surface area is 112 Å². The standard InChI is InChI=1S/C12H8FN3O4/c13-14(9-5-2-1-3-6-9)10-7-4-8-11(15(17)18)12(10)16(19)20/h1-8H. The zero-order valence-electron chi connectivity index (χ0n) is 9.97. The molecular weight excluding hydrogens is 269 g/mol. The van der Waals surface area contributed by atoms with E-state index in [1.807, 2.05) is 0 Å². The second-order valence-corrected chi connectivity index (χ2v) is 3.78. The van der Waals surface area contributed by atoms with Gasteiger partial charge in [0.25, 0.3) is 0 Å². The predicted molar refractivity (Wildman–Crippen MR) is 69.4 cm³/mol. The minimum Gasteiger partial charge on any atom is -0.258 e. The highest BCUT2D eigenvalue weighted by Crippen LogP contribution is 2.39. The molecule has 7 nitrogen and oxygen atoms in total. The van der Waals surface area contributed by atoms with Gasteiger partial charge in [-0.05, 0) is 18.2 Å². The molecule has 0 fully saturated rings. The van der Waals surface area contributed by atoms with Gasteiger partial charge in [-0.25, -0.2) is 0 Å². The molecule has 0 saturated carbocycles. The molecule has 0 radical (unpaired) electrons. The molecule has 0 aliphatic rings. The summed E-state index contributed by atoms with van der Waals surface area (Å²) in [6, 6.07) is 10.8. The first-order chi connectivity index (χ1) is 9.52. The van der Waals surface area contributed by atoms with Crippen molar-refractivity contribution in [2.75, 3.05) is 5.12 Å². The van der Waals surface area contributed by atoms with Crippen molar-refractivity contribution in [2.45, 2.75) is 0 Å². The first-order valence-electron chi connectivity index (χ1n) is 5.45. The molecule has 2 aromatic carbocycles. The van der Waals surface area contributed by atoms with E-state index in [1.165, 1.54) is 18.2 Å². The van der Waals surface area contributed by atoms with Crippen LogP contribution in [0.5, 0.6) is 0 Å². The van der Waals surface area contributed by atoms with E-state index in [2.05, 4.69) is 0 Å². The highest BCUT2D eigenvalue weighted by Gasteiger charge is 2.31. The Bertz CT molecular complexity index is 663. The Morgan fingerprint density at radius 2 is 1.55 bits per heavy atom. The highest BCUT2D eigenvalue weighted by molar-refractivity contribution is 5.76. The molecule has 2 aromatic rings. The monoisotopic (exact) mass is 277 g/mol. The van der Waals surface area contributed by atoms with Crippen LogP contribution < -0.4 is 5.12 Å². The smallest absolute Gasteiger partial charge is 0.258 e. The molecule has 0 spiro atoms. The summed E-state index contributed by atoms with van der Waals surface area (Å²) in [7, 11) is 0. The van der Waals surface area contributed by atoms with Crippen LogP contribution in [-0.4, -0.2) is 9.85 Å². The number of rotatable bonds is 4. The van der Waals surface area contributed by atoms with Crippen molar-refractivity contribution in [1.29, 1.82) is 0 Å². The number of hydrogen-bond acceptors (Lipinski definition) is 5. The number of halogens is 1. The van der Waals surface area contributed by atoms with Gasteiger partial charge >= 0.3 is 11.4 Å². The predicted octanol–water partition coefficient (Wildman–Crippen LogP) is 3.53. The lowest BCUT2D eigenvalue weighted by Gasteiger charge is -2.13. The van der Waals surface area contributed by atoms with Crippen LogP contribution in [0.15, 0.2) is 48.5 Å². The molecule has 0 amide bonds. The van der Waals surface area contributed by atoms with Gasteiger partial charge in [0.1, 0.15) is 0 Å². The number of para-hydroxylation sites is 2. The van der Waals surface area contributed by atoms with Gasteiger partial charge in [0.05, 0.1) is 15.5 Å². The van der Waals surface area contributed by atoms with Gasteiger partial charge in [-0.1, -0.05) is 28.7 Å². The average Bonchev–Trinajstić information content (AvgIpc) is 2.46. The molecule has 0 unspecified atom stereocenters. The van der Waals surface area contributed by atoms with Crippen LogP contribution in [0, 0.1) is 20.2 Å². The number of nitro benzene ring substituents is 2. The van der Waals surface area contributed by atoms with E-state index in [9.17, 15) is 24.7 Å². The summed E-state index contributed by atoms with van der Waals surface area (Å²) < 4.78 is 14.2. The quantitative estimate of drug-likeness (QED) is 0.484. The van der Waals surface area contributed by atoms with Gasteiger partial charge in [-0.15, -0.1) is 0 Å². The summed E-state index contributed by atoms with van der Waals surface area (Å²) in [6.07, 6.45) is 0. The summed E-state index contributed by atoms with van der Waals surface area (Å²) >= 11 is 0. The lowest BCUT2D eigenvalue weighted by atomic mass is 10.2. The molecular formula is C12H8FN3O4. The van der Waals surface area contributed by atoms with Gasteiger partial charge in [0.15, 0.2) is 5.69 Å². The van der Waals surface area contributed by atoms with Gasteiger partial charge in [0, 0.05) is 6.07 Å². The zero-order chi connectivity index (χ0) is 14.7. The minimum atomic E-state index is -0.969. The number of nitrogens with zero attached hydrogens (tertiary/aromatic N) is 3. The Balaban J connectivity index is 2.60. The first-order valence-corrected chi connectivity index (χ1v) is 5.45. The molecule has 20 heavy (non-hydrogen) atoms. The molecule has 0 N–H and O–H groups in total. The largest absolute Gasteiger partial charge is 0.372 e. The van der Waals surface area contributed by atoms with Crippen LogP contribution in [0.2, 0.25) is 0 Å². The topological polar surface area (TPSA) is 89.5 Å². The van der Waals surface area contributed by atoms with Crippen molar-refractivity contribution in [3.63, 3.8) is 0 Å². The Kier molecular flexibility index (Phi) is 3.56. The maximum absolute atomic E-state index is 14.2. The molecule has 8 heteroatoms. The van der Waals surface area contributed by atoms with E-state index in [0.717, 1.165) is 12.1 Å². The number of hydrogen-bond donors (Lipinski definition) is 0. The second kappa shape index (κ2) is 5.31. The van der Waals surface area contributed by atoms with Gasteiger partial charge in [0.2, 0.25) is 0 Å². The van der Waals surface area contributed by atoms with Crippen LogP contribution in [0.4, 0.5) is 27.2 Å². The lowest BCUT2D eigenvalue weighted by Crippen LogP contribution is -2.08. The van der Waals surface area contributed by atoms with E-state index < -0.39 is 26.9 Å². The lowest BCUT2D eigenvalue weighted by molar-refractivity contribution is -0.422. The summed E-state index contributed by atoms with van der Waals surface area (Å²) in [4.78, 5) is 19.9. The summed E-state index contributed by atoms with van der Waals surface area (Å²) in [5, 5.41) is 21.8. The minimum absolute atomic E-state index is 0.0381. The molecule has 102 valence electrons. The number of nitro groups is 2. The third-order valence-corrected chi connectivity index (χ3v) is 2.57. The van der Waals surface area contributed by atoms with Crippen molar-refractivity contribution in [1.82, 2.24) is 0 Å². The molecule has 0 bridgehead atoms. The number of anilines is 2. The normalized spacial score (nSPS) is 10.1. The third-order valence-electron chi connectivity index (χ3n) is 2.57. The molecule has 0 saturated heterocycles. The van der Waals surface area contributed by atoms with E-state index in [0.29, 0.717) is 0 Å². The van der Waals surface area contributed by atoms with Gasteiger partial charge in [-0.2, -0.15) is 5.12 Å². The van der Waals surface area contributed by atoms with Crippen molar-refractivity contribution in [2.24, 2.45) is 0 Å². The highest BCUT2D eigenvalue weighted by atomic mass is 19.2. The van der Waals surface area contributed by atoms with Crippen molar-refractivity contribution < 1.29 is 14.3 Å². The van der Waals surface area contributed by atoms with Crippen LogP contribution in [0.25, 0.3) is 0 Å². The van der Waals surface area contributed by atoms with Crippen LogP contribution >= 0.6 is 0 Å². The fraction of sp³-hybridized carbons (Fsp3) is 0. The van der Waals surface area contributed by atoms with Crippen molar-refractivity contribution >= 4 is 22.7 Å². The van der Waals surface area contributed by atoms with Gasteiger partial charge < -0.3 is 0 Å². The maximum Gasteiger partial charge on any atom is 0.372 e. The Hall–Kier alpha value is -3.03. The molecule has 0 atom stereocenters. The van der Waals surface area contributed by atoms with E-state index >= 15 is 0 Å². The van der Waals surface area contributed by atoms with Crippen molar-refractivity contribution in [3.05, 3.63) is 68.8 Å². The average molecular weight is 277 g/mol. The maximum atomic E-state index is 14.2. The molecule has 0 aliphatic heterocycles. The van der Waals surface area contributed by atoms with Crippen LogP contribution in [0.1, 0.15) is 0 Å². The van der Waals surface area contributed by atoms with Gasteiger partial charge in [-0.3, -0.25) is 20.2 Å². The molecule has 0 heterocycles. The summed E-state index contributed by atoms with van der Waals surface area (Å²) in [5.74, 6) is 0. The number of benzene rings is 2. The van der Waals surface area contributed by atoms with E-state index in [1.54, 1.807) is 18.2 Å². The third kappa shape index (κ3) is 2.39. The molecule has 0 aromatic heterocycles. The Morgan fingerprint density at radius 1 is 0.900 bits per heavy atom. The summed E-state index contributed by atoms with van der Waals surface area (Å²) in [6.45, 7) is 0. The first kappa shape index (κ1) is 13.4. The Morgan fingerprint density at radius 3 is 2.10 bits per heavy atom. The van der Waals surface area contributed by atoms with Crippen molar-refractivity contribution in [3.8, 4) is 0 Å². The van der Waals surface area contributed by atoms with E-state index in [4.69, 9.17) is 0 Å². The SMILES string of the molecule is O=[N+]([O-])c1cccc(N(F)c2ccccc2)c1[N+](=O)[O-]. The summed E-state index contributed by atoms with van der Waals surface area (Å²) in [5.41, 5.74) is -2.10. The fourth-order valence-corrected chi connectivity index (χ4v) is 1.71. The van der Waals surface area contributed by atoms with Crippen LogP contribution in [0.3, 0.4) is 0 Å².